The van der Waals surface area contributed by atoms with Gasteiger partial charge >= 0.3 is 6.03 Å². The minimum absolute atomic E-state index is 0.00404. The number of hydrogen-bond donors (Lipinski definition) is 4. The molecule has 27 heavy (non-hydrogen) atoms. The summed E-state index contributed by atoms with van der Waals surface area (Å²) < 4.78 is 0. The zero-order chi connectivity index (χ0) is 19.8. The zero-order valence-electron chi connectivity index (χ0n) is 15.0. The first-order valence-electron chi connectivity index (χ1n) is 8.34. The Hall–Kier alpha value is -3.06. The molecule has 2 aromatic rings. The van der Waals surface area contributed by atoms with Crippen molar-refractivity contribution in [2.45, 2.75) is 19.9 Å². The Balaban J connectivity index is 1.88. The maximum absolute atomic E-state index is 12.2. The molecule has 0 unspecified atom stereocenters. The lowest BCUT2D eigenvalue weighted by Gasteiger charge is -2.11. The Labute approximate surface area is 162 Å². The van der Waals surface area contributed by atoms with E-state index in [0.29, 0.717) is 22.0 Å². The van der Waals surface area contributed by atoms with Crippen molar-refractivity contribution < 1.29 is 14.4 Å². The summed E-state index contributed by atoms with van der Waals surface area (Å²) >= 11 is 5.79. The lowest BCUT2D eigenvalue weighted by molar-refractivity contribution is -0.115. The smallest absolute Gasteiger partial charge is 0.319 e. The number of carbonyl (C=O) groups is 3. The van der Waals surface area contributed by atoms with E-state index in [1.807, 2.05) is 13.8 Å². The summed E-state index contributed by atoms with van der Waals surface area (Å²) in [7, 11) is 0. The summed E-state index contributed by atoms with van der Waals surface area (Å²) in [5.41, 5.74) is 1.39. The van der Waals surface area contributed by atoms with Gasteiger partial charge in [0.25, 0.3) is 5.91 Å². The number of hydrogen-bond acceptors (Lipinski definition) is 3. The van der Waals surface area contributed by atoms with Gasteiger partial charge in [0.05, 0.1) is 6.54 Å². The molecular formula is C19H21ClN4O3. The number of rotatable bonds is 6. The van der Waals surface area contributed by atoms with Crippen LogP contribution in [0.15, 0.2) is 48.5 Å². The molecule has 0 aromatic heterocycles. The fraction of sp³-hybridized carbons (Fsp3) is 0.211. The van der Waals surface area contributed by atoms with E-state index in [1.165, 1.54) is 6.07 Å². The maximum Gasteiger partial charge on any atom is 0.319 e. The van der Waals surface area contributed by atoms with Gasteiger partial charge in [-0.25, -0.2) is 4.79 Å². The summed E-state index contributed by atoms with van der Waals surface area (Å²) in [6.07, 6.45) is 0. The summed E-state index contributed by atoms with van der Waals surface area (Å²) in [6, 6.07) is 12.7. The van der Waals surface area contributed by atoms with Gasteiger partial charge in [-0.05, 0) is 56.3 Å². The second kappa shape index (κ2) is 9.59. The number of carbonyl (C=O) groups excluding carboxylic acids is 3. The van der Waals surface area contributed by atoms with Crippen LogP contribution < -0.4 is 21.3 Å². The van der Waals surface area contributed by atoms with E-state index in [4.69, 9.17) is 11.6 Å². The highest BCUT2D eigenvalue weighted by atomic mass is 35.5. The van der Waals surface area contributed by atoms with Crippen LogP contribution in [0.1, 0.15) is 24.2 Å². The van der Waals surface area contributed by atoms with Gasteiger partial charge in [-0.2, -0.15) is 0 Å². The summed E-state index contributed by atoms with van der Waals surface area (Å²) in [4.78, 5) is 35.9. The van der Waals surface area contributed by atoms with Gasteiger partial charge in [-0.3, -0.25) is 9.59 Å². The van der Waals surface area contributed by atoms with Gasteiger partial charge in [-0.15, -0.1) is 0 Å². The van der Waals surface area contributed by atoms with Crippen molar-refractivity contribution in [3.8, 4) is 0 Å². The molecule has 142 valence electrons. The molecule has 0 atom stereocenters. The number of anilines is 2. The van der Waals surface area contributed by atoms with E-state index < -0.39 is 5.91 Å². The minimum Gasteiger partial charge on any atom is -0.343 e. The van der Waals surface area contributed by atoms with Crippen LogP contribution in [0.4, 0.5) is 16.2 Å². The first-order chi connectivity index (χ1) is 12.8. The first-order valence-corrected chi connectivity index (χ1v) is 8.72. The molecule has 2 aromatic carbocycles. The number of urea groups is 1. The lowest BCUT2D eigenvalue weighted by Crippen LogP contribution is -2.34. The molecule has 0 fully saturated rings. The van der Waals surface area contributed by atoms with Crippen LogP contribution in [0.2, 0.25) is 5.02 Å². The van der Waals surface area contributed by atoms with E-state index in [-0.39, 0.29) is 24.5 Å². The van der Waals surface area contributed by atoms with Crippen molar-refractivity contribution in [2.75, 3.05) is 17.2 Å². The van der Waals surface area contributed by atoms with E-state index in [9.17, 15) is 14.4 Å². The highest BCUT2D eigenvalue weighted by Crippen LogP contribution is 2.13. The highest BCUT2D eigenvalue weighted by Gasteiger charge is 2.10. The minimum atomic E-state index is -0.422. The van der Waals surface area contributed by atoms with Crippen LogP contribution in [0.3, 0.4) is 0 Å². The fourth-order valence-corrected chi connectivity index (χ4v) is 2.29. The van der Waals surface area contributed by atoms with E-state index in [0.717, 1.165) is 0 Å². The molecule has 0 radical (unpaired) electrons. The monoisotopic (exact) mass is 388 g/mol. The highest BCUT2D eigenvalue weighted by molar-refractivity contribution is 6.30. The Morgan fingerprint density at radius 1 is 0.963 bits per heavy atom. The van der Waals surface area contributed by atoms with Crippen LogP contribution in [0, 0.1) is 0 Å². The van der Waals surface area contributed by atoms with Crippen molar-refractivity contribution in [1.82, 2.24) is 10.6 Å². The van der Waals surface area contributed by atoms with Gasteiger partial charge in [0, 0.05) is 28.0 Å². The molecular weight excluding hydrogens is 368 g/mol. The number of benzene rings is 2. The Morgan fingerprint density at radius 2 is 1.67 bits per heavy atom. The third-order valence-electron chi connectivity index (χ3n) is 3.34. The Morgan fingerprint density at radius 3 is 2.33 bits per heavy atom. The molecule has 4 N–H and O–H groups in total. The SMILES string of the molecule is CC(C)NC(=O)Nc1cccc(C(=O)NCC(=O)Nc2ccc(Cl)cc2)c1. The average Bonchev–Trinajstić information content (AvgIpc) is 2.61. The van der Waals surface area contributed by atoms with Gasteiger partial charge in [0.15, 0.2) is 0 Å². The van der Waals surface area contributed by atoms with Crippen molar-refractivity contribution in [2.24, 2.45) is 0 Å². The molecule has 0 saturated carbocycles. The number of amides is 4. The second-order valence-corrected chi connectivity index (χ2v) is 6.51. The van der Waals surface area contributed by atoms with Gasteiger partial charge in [0.1, 0.15) is 0 Å². The topological polar surface area (TPSA) is 99.3 Å². The molecule has 0 aliphatic heterocycles. The largest absolute Gasteiger partial charge is 0.343 e. The molecule has 0 spiro atoms. The first kappa shape index (κ1) is 20.3. The molecule has 7 nitrogen and oxygen atoms in total. The molecule has 0 aliphatic carbocycles. The molecule has 2 rings (SSSR count). The predicted molar refractivity (Wildman–Crippen MR) is 106 cm³/mol. The van der Waals surface area contributed by atoms with Crippen LogP contribution in [-0.2, 0) is 4.79 Å². The quantitative estimate of drug-likeness (QED) is 0.611. The maximum atomic E-state index is 12.2. The molecule has 0 saturated heterocycles. The van der Waals surface area contributed by atoms with Gasteiger partial charge in [0.2, 0.25) is 5.91 Å². The predicted octanol–water partition coefficient (Wildman–Crippen LogP) is 3.24. The second-order valence-electron chi connectivity index (χ2n) is 6.07. The van der Waals surface area contributed by atoms with E-state index in [1.54, 1.807) is 42.5 Å². The molecule has 4 amide bonds. The third-order valence-corrected chi connectivity index (χ3v) is 3.59. The van der Waals surface area contributed by atoms with Crippen molar-refractivity contribution in [1.29, 1.82) is 0 Å². The number of halogens is 1. The zero-order valence-corrected chi connectivity index (χ0v) is 15.8. The van der Waals surface area contributed by atoms with Crippen molar-refractivity contribution >= 4 is 40.8 Å². The molecule has 0 aliphatic rings. The summed E-state index contributed by atoms with van der Waals surface area (Å²) in [6.45, 7) is 3.50. The van der Waals surface area contributed by atoms with Crippen LogP contribution in [0.5, 0.6) is 0 Å². The fourth-order valence-electron chi connectivity index (χ4n) is 2.17. The van der Waals surface area contributed by atoms with Gasteiger partial charge < -0.3 is 21.3 Å². The van der Waals surface area contributed by atoms with Crippen LogP contribution >= 0.6 is 11.6 Å². The molecule has 8 heteroatoms. The molecule has 0 bridgehead atoms. The summed E-state index contributed by atoms with van der Waals surface area (Å²) in [5, 5.41) is 11.1. The third kappa shape index (κ3) is 6.99. The van der Waals surface area contributed by atoms with Crippen molar-refractivity contribution in [3.05, 3.63) is 59.1 Å². The Kier molecular flexibility index (Phi) is 7.19. The van der Waals surface area contributed by atoms with E-state index >= 15 is 0 Å². The average molecular weight is 389 g/mol. The number of nitrogens with one attached hydrogen (secondary N) is 4. The van der Waals surface area contributed by atoms with Crippen molar-refractivity contribution in [3.63, 3.8) is 0 Å². The van der Waals surface area contributed by atoms with Crippen LogP contribution in [0.25, 0.3) is 0 Å². The summed E-state index contributed by atoms with van der Waals surface area (Å²) in [5.74, 6) is -0.787. The van der Waals surface area contributed by atoms with Crippen LogP contribution in [-0.4, -0.2) is 30.4 Å². The normalized spacial score (nSPS) is 10.2. The van der Waals surface area contributed by atoms with Gasteiger partial charge in [-0.1, -0.05) is 17.7 Å². The van der Waals surface area contributed by atoms with E-state index in [2.05, 4.69) is 21.3 Å². The molecule has 0 heterocycles. The Bertz CT molecular complexity index is 822. The lowest BCUT2D eigenvalue weighted by atomic mass is 10.2. The standard InChI is InChI=1S/C19H21ClN4O3/c1-12(2)22-19(27)24-16-5-3-4-13(10-16)18(26)21-11-17(25)23-15-8-6-14(20)7-9-15/h3-10,12H,11H2,1-2H3,(H,21,26)(H,23,25)(H2,22,24,27).